The van der Waals surface area contributed by atoms with E-state index in [0.29, 0.717) is 19.6 Å². The van der Waals surface area contributed by atoms with Gasteiger partial charge in [0.1, 0.15) is 5.82 Å². The lowest BCUT2D eigenvalue weighted by Gasteiger charge is -2.23. The zero-order valence-corrected chi connectivity index (χ0v) is 13.6. The topological polar surface area (TPSA) is 79.0 Å². The third kappa shape index (κ3) is 4.84. The molecule has 0 saturated carbocycles. The Morgan fingerprint density at radius 2 is 2.18 bits per heavy atom. The molecule has 1 saturated heterocycles. The lowest BCUT2D eigenvalue weighted by atomic mass is 10.2. The Morgan fingerprint density at radius 1 is 1.36 bits per heavy atom. The second kappa shape index (κ2) is 8.95. The predicted octanol–water partition coefficient (Wildman–Crippen LogP) is 1.40. The molecule has 1 fully saturated rings. The second-order valence-electron chi connectivity index (χ2n) is 4.91. The molecule has 3 N–H and O–H groups in total. The summed E-state index contributed by atoms with van der Waals surface area (Å²) in [6.45, 7) is 2.54. The fourth-order valence-corrected chi connectivity index (χ4v) is 2.32. The first-order chi connectivity index (χ1) is 9.81. The maximum absolute atomic E-state index is 11.9. The van der Waals surface area contributed by atoms with Crippen LogP contribution in [0, 0.1) is 0 Å². The molecule has 0 radical (unpaired) electrons. The molecule has 1 aliphatic heterocycles. The fraction of sp³-hybridized carbons (Fsp3) is 0.429. The number of para-hydroxylation sites is 2. The molecule has 3 rings (SSSR count). The monoisotopic (exact) mass is 346 g/mol. The molecule has 2 heterocycles. The Morgan fingerprint density at radius 3 is 2.91 bits per heavy atom. The minimum absolute atomic E-state index is 0. The first kappa shape index (κ1) is 18.7. The number of aromatic nitrogens is 2. The number of aromatic amines is 1. The van der Waals surface area contributed by atoms with Crippen LogP contribution in [-0.4, -0.2) is 41.7 Å². The van der Waals surface area contributed by atoms with E-state index in [9.17, 15) is 4.79 Å². The summed E-state index contributed by atoms with van der Waals surface area (Å²) >= 11 is 0. The third-order valence-corrected chi connectivity index (χ3v) is 3.32. The van der Waals surface area contributed by atoms with Crippen LogP contribution in [0.3, 0.4) is 0 Å². The van der Waals surface area contributed by atoms with Crippen molar-refractivity contribution in [1.29, 1.82) is 0 Å². The summed E-state index contributed by atoms with van der Waals surface area (Å²) in [5, 5.41) is 6.14. The van der Waals surface area contributed by atoms with E-state index < -0.39 is 0 Å². The van der Waals surface area contributed by atoms with Crippen molar-refractivity contribution in [2.24, 2.45) is 0 Å². The number of carbonyl (C=O) groups excluding carboxylic acids is 1. The largest absolute Gasteiger partial charge is 0.378 e. The van der Waals surface area contributed by atoms with Crippen LogP contribution in [0.15, 0.2) is 24.3 Å². The number of morpholine rings is 1. The van der Waals surface area contributed by atoms with E-state index in [1.807, 2.05) is 24.3 Å². The van der Waals surface area contributed by atoms with Gasteiger partial charge in [0.25, 0.3) is 0 Å². The van der Waals surface area contributed by atoms with Gasteiger partial charge in [-0.2, -0.15) is 0 Å². The van der Waals surface area contributed by atoms with E-state index in [1.165, 1.54) is 0 Å². The summed E-state index contributed by atoms with van der Waals surface area (Å²) in [7, 11) is 0. The first-order valence-electron chi connectivity index (χ1n) is 6.83. The van der Waals surface area contributed by atoms with Crippen molar-refractivity contribution >= 4 is 41.8 Å². The number of nitrogens with one attached hydrogen (secondary N) is 3. The van der Waals surface area contributed by atoms with Crippen LogP contribution in [0.2, 0.25) is 0 Å². The van der Waals surface area contributed by atoms with Crippen molar-refractivity contribution in [3.8, 4) is 0 Å². The molecule has 22 heavy (non-hydrogen) atoms. The van der Waals surface area contributed by atoms with Crippen LogP contribution in [0.5, 0.6) is 0 Å². The molecular weight excluding hydrogens is 327 g/mol. The smallest absolute Gasteiger partial charge is 0.222 e. The van der Waals surface area contributed by atoms with Crippen LogP contribution >= 0.6 is 24.8 Å². The standard InChI is InChI=1S/C14H18N4O2.2ClH/c19-14(7-10-9-20-6-5-15-10)16-8-13-17-11-3-1-2-4-12(11)18-13;;/h1-4,10,15H,5-9H2,(H,16,19)(H,17,18);2*1H. The van der Waals surface area contributed by atoms with Crippen molar-refractivity contribution in [1.82, 2.24) is 20.6 Å². The average Bonchev–Trinajstić information content (AvgIpc) is 2.89. The van der Waals surface area contributed by atoms with Crippen molar-refractivity contribution in [3.05, 3.63) is 30.1 Å². The molecule has 1 amide bonds. The SMILES string of the molecule is Cl.Cl.O=C(CC1COCCN1)NCc1nc2ccccc2[nH]1. The summed E-state index contributed by atoms with van der Waals surface area (Å²) in [6.07, 6.45) is 0.431. The minimum Gasteiger partial charge on any atom is -0.378 e. The van der Waals surface area contributed by atoms with Crippen molar-refractivity contribution < 1.29 is 9.53 Å². The van der Waals surface area contributed by atoms with E-state index >= 15 is 0 Å². The van der Waals surface area contributed by atoms with Crippen LogP contribution in [0.1, 0.15) is 12.2 Å². The van der Waals surface area contributed by atoms with Crippen molar-refractivity contribution in [2.75, 3.05) is 19.8 Å². The number of hydrogen-bond donors (Lipinski definition) is 3. The number of carbonyl (C=O) groups is 1. The van der Waals surface area contributed by atoms with Gasteiger partial charge in [0, 0.05) is 19.0 Å². The second-order valence-corrected chi connectivity index (χ2v) is 4.91. The fourth-order valence-electron chi connectivity index (χ4n) is 2.32. The zero-order chi connectivity index (χ0) is 13.8. The Balaban J connectivity index is 0.00000121. The number of ether oxygens (including phenoxy) is 1. The highest BCUT2D eigenvalue weighted by Gasteiger charge is 2.16. The summed E-state index contributed by atoms with van der Waals surface area (Å²) < 4.78 is 5.32. The van der Waals surface area contributed by atoms with Gasteiger partial charge in [0.2, 0.25) is 5.91 Å². The van der Waals surface area contributed by atoms with Gasteiger partial charge in [0.15, 0.2) is 0 Å². The van der Waals surface area contributed by atoms with E-state index in [-0.39, 0.29) is 36.8 Å². The number of rotatable bonds is 4. The number of benzene rings is 1. The number of nitrogens with zero attached hydrogens (tertiary/aromatic N) is 1. The van der Waals surface area contributed by atoms with E-state index in [1.54, 1.807) is 0 Å². The molecule has 2 aromatic rings. The van der Waals surface area contributed by atoms with E-state index in [0.717, 1.165) is 30.0 Å². The van der Waals surface area contributed by atoms with Gasteiger partial charge in [-0.1, -0.05) is 12.1 Å². The number of halogens is 2. The summed E-state index contributed by atoms with van der Waals surface area (Å²) in [5.41, 5.74) is 1.90. The minimum atomic E-state index is 0. The van der Waals surface area contributed by atoms with Crippen LogP contribution < -0.4 is 10.6 Å². The van der Waals surface area contributed by atoms with Crippen molar-refractivity contribution in [3.63, 3.8) is 0 Å². The molecular formula is C14H20Cl2N4O2. The first-order valence-corrected chi connectivity index (χ1v) is 6.83. The highest BCUT2D eigenvalue weighted by atomic mass is 35.5. The van der Waals surface area contributed by atoms with Crippen molar-refractivity contribution in [2.45, 2.75) is 19.0 Å². The molecule has 1 aromatic heterocycles. The molecule has 0 spiro atoms. The molecule has 0 bridgehead atoms. The average molecular weight is 347 g/mol. The number of imidazole rings is 1. The third-order valence-electron chi connectivity index (χ3n) is 3.32. The van der Waals surface area contributed by atoms with Gasteiger partial charge < -0.3 is 20.4 Å². The molecule has 8 heteroatoms. The van der Waals surface area contributed by atoms with Gasteiger partial charge in [0.05, 0.1) is 30.8 Å². The number of hydrogen-bond acceptors (Lipinski definition) is 4. The number of fused-ring (bicyclic) bond motifs is 1. The molecule has 1 unspecified atom stereocenters. The molecule has 122 valence electrons. The molecule has 1 aromatic carbocycles. The lowest BCUT2D eigenvalue weighted by Crippen LogP contribution is -2.44. The molecule has 1 aliphatic rings. The summed E-state index contributed by atoms with van der Waals surface area (Å²) in [6, 6.07) is 7.93. The molecule has 6 nitrogen and oxygen atoms in total. The maximum Gasteiger partial charge on any atom is 0.222 e. The summed E-state index contributed by atoms with van der Waals surface area (Å²) in [5.74, 6) is 0.779. The normalized spacial score (nSPS) is 17.4. The lowest BCUT2D eigenvalue weighted by molar-refractivity contribution is -0.122. The number of H-pyrrole nitrogens is 1. The van der Waals surface area contributed by atoms with Gasteiger partial charge in [-0.3, -0.25) is 4.79 Å². The zero-order valence-electron chi connectivity index (χ0n) is 12.0. The van der Waals surface area contributed by atoms with Gasteiger partial charge in [-0.25, -0.2) is 4.98 Å². The highest BCUT2D eigenvalue weighted by Crippen LogP contribution is 2.10. The van der Waals surface area contributed by atoms with E-state index in [2.05, 4.69) is 20.6 Å². The maximum atomic E-state index is 11.9. The van der Waals surface area contributed by atoms with Gasteiger partial charge >= 0.3 is 0 Å². The molecule has 0 aliphatic carbocycles. The highest BCUT2D eigenvalue weighted by molar-refractivity contribution is 5.85. The van der Waals surface area contributed by atoms with Gasteiger partial charge in [-0.15, -0.1) is 24.8 Å². The Bertz CT molecular complexity index is 566. The Kier molecular flexibility index (Phi) is 7.61. The summed E-state index contributed by atoms with van der Waals surface area (Å²) in [4.78, 5) is 19.5. The predicted molar refractivity (Wildman–Crippen MR) is 89.7 cm³/mol. The van der Waals surface area contributed by atoms with E-state index in [4.69, 9.17) is 4.74 Å². The molecule has 1 atom stereocenters. The van der Waals surface area contributed by atoms with Crippen LogP contribution in [0.25, 0.3) is 11.0 Å². The quantitative estimate of drug-likeness (QED) is 0.781. The van der Waals surface area contributed by atoms with Crippen LogP contribution in [0.4, 0.5) is 0 Å². The Hall–Kier alpha value is -1.34. The van der Waals surface area contributed by atoms with Crippen LogP contribution in [-0.2, 0) is 16.1 Å². The van der Waals surface area contributed by atoms with Gasteiger partial charge in [-0.05, 0) is 12.1 Å². The number of amides is 1. The Labute approximate surface area is 141 Å².